The van der Waals surface area contributed by atoms with Crippen LogP contribution in [0.2, 0.25) is 0 Å². The monoisotopic (exact) mass is 349 g/mol. The minimum Gasteiger partial charge on any atom is -0.340 e. The summed E-state index contributed by atoms with van der Waals surface area (Å²) in [6.07, 6.45) is 9.56. The molecule has 0 spiro atoms. The molecule has 4 rings (SSSR count). The molecule has 1 aliphatic carbocycles. The first-order valence-corrected chi connectivity index (χ1v) is 9.78. The third kappa shape index (κ3) is 3.26. The van der Waals surface area contributed by atoms with Gasteiger partial charge in [0.05, 0.1) is 0 Å². The largest absolute Gasteiger partial charge is 0.340 e. The van der Waals surface area contributed by atoms with Gasteiger partial charge < -0.3 is 4.57 Å². The zero-order valence-corrected chi connectivity index (χ0v) is 15.8. The van der Waals surface area contributed by atoms with Crippen LogP contribution in [-0.2, 0) is 26.6 Å². The number of hydrogen-bond donors (Lipinski definition) is 0. The minimum absolute atomic E-state index is 0.573. The van der Waals surface area contributed by atoms with E-state index in [1.54, 1.807) is 0 Å². The lowest BCUT2D eigenvalue weighted by atomic mass is 9.88. The summed E-state index contributed by atoms with van der Waals surface area (Å²) < 4.78 is 1.98. The highest BCUT2D eigenvalue weighted by molar-refractivity contribution is 5.34. The predicted molar refractivity (Wildman–Crippen MR) is 101 cm³/mol. The number of nitriles is 1. The average molecular weight is 349 g/mol. The fourth-order valence-corrected chi connectivity index (χ4v) is 4.35. The zero-order chi connectivity index (χ0) is 18.1. The highest BCUT2D eigenvalue weighted by atomic mass is 15.1. The van der Waals surface area contributed by atoms with Crippen LogP contribution >= 0.6 is 0 Å². The molecule has 0 amide bonds. The quantitative estimate of drug-likeness (QED) is 0.849. The summed E-state index contributed by atoms with van der Waals surface area (Å²) >= 11 is 0. The van der Waals surface area contributed by atoms with Crippen molar-refractivity contribution < 1.29 is 0 Å². The molecule has 136 valence electrons. The molecule has 0 unspecified atom stereocenters. The lowest BCUT2D eigenvalue weighted by Crippen LogP contribution is -2.31. The topological polar surface area (TPSA) is 57.7 Å². The molecule has 26 heavy (non-hydrogen) atoms. The summed E-state index contributed by atoms with van der Waals surface area (Å²) in [6, 6.07) is 4.29. The van der Waals surface area contributed by atoms with Crippen LogP contribution in [0.4, 0.5) is 0 Å². The fourth-order valence-electron chi connectivity index (χ4n) is 4.35. The molecule has 0 saturated heterocycles. The van der Waals surface area contributed by atoms with Crippen LogP contribution in [0, 0.1) is 18.3 Å². The van der Waals surface area contributed by atoms with E-state index < -0.39 is 0 Å². The Morgan fingerprint density at radius 3 is 2.81 bits per heavy atom. The second kappa shape index (κ2) is 7.20. The Hall–Kier alpha value is -2.19. The minimum atomic E-state index is 0.573. The van der Waals surface area contributed by atoms with Crippen molar-refractivity contribution in [2.45, 2.75) is 64.5 Å². The van der Waals surface area contributed by atoms with E-state index in [0.717, 1.165) is 37.6 Å². The molecule has 3 heterocycles. The summed E-state index contributed by atoms with van der Waals surface area (Å²) in [5, 5.41) is 9.22. The first-order chi connectivity index (χ1) is 12.7. The summed E-state index contributed by atoms with van der Waals surface area (Å²) in [6.45, 7) is 4.89. The van der Waals surface area contributed by atoms with E-state index in [2.05, 4.69) is 24.1 Å². The van der Waals surface area contributed by atoms with Gasteiger partial charge in [0.2, 0.25) is 0 Å². The maximum absolute atomic E-state index is 9.22. The second-order valence-corrected chi connectivity index (χ2v) is 7.81. The van der Waals surface area contributed by atoms with Gasteiger partial charge in [-0.05, 0) is 31.4 Å². The van der Waals surface area contributed by atoms with Crippen LogP contribution in [0.25, 0.3) is 0 Å². The van der Waals surface area contributed by atoms with Crippen LogP contribution < -0.4 is 0 Å². The smallest absolute Gasteiger partial charge is 0.131 e. The third-order valence-electron chi connectivity index (χ3n) is 6.15. The van der Waals surface area contributed by atoms with Crippen LogP contribution in [0.15, 0.2) is 12.3 Å². The van der Waals surface area contributed by atoms with E-state index in [0.29, 0.717) is 5.92 Å². The Bertz CT molecular complexity index is 839. The molecular formula is C21H27N5. The molecule has 2 aromatic heterocycles. The Balaban J connectivity index is 1.47. The van der Waals surface area contributed by atoms with E-state index in [-0.39, 0.29) is 0 Å². The molecule has 0 aromatic carbocycles. The summed E-state index contributed by atoms with van der Waals surface area (Å²) in [7, 11) is 1.96. The van der Waals surface area contributed by atoms with E-state index in [1.165, 1.54) is 54.6 Å². The molecule has 1 saturated carbocycles. The SMILES string of the molecule is Cc1c(CN2CCc3nc(C4CCCCC4)ncc3C2)cc(C#N)n1C. The van der Waals surface area contributed by atoms with Gasteiger partial charge in [-0.15, -0.1) is 0 Å². The highest BCUT2D eigenvalue weighted by Crippen LogP contribution is 2.31. The van der Waals surface area contributed by atoms with E-state index in [4.69, 9.17) is 9.97 Å². The molecule has 1 aliphatic heterocycles. The number of aromatic nitrogens is 3. The van der Waals surface area contributed by atoms with Gasteiger partial charge in [0, 0.05) is 62.2 Å². The normalized spacial score (nSPS) is 18.5. The van der Waals surface area contributed by atoms with Gasteiger partial charge in [0.1, 0.15) is 17.6 Å². The van der Waals surface area contributed by atoms with Crippen molar-refractivity contribution in [2.24, 2.45) is 7.05 Å². The maximum Gasteiger partial charge on any atom is 0.131 e. The van der Waals surface area contributed by atoms with Crippen molar-refractivity contribution in [3.8, 4) is 6.07 Å². The third-order valence-corrected chi connectivity index (χ3v) is 6.15. The second-order valence-electron chi connectivity index (χ2n) is 7.81. The zero-order valence-electron chi connectivity index (χ0n) is 15.8. The van der Waals surface area contributed by atoms with Gasteiger partial charge in [0.25, 0.3) is 0 Å². The number of fused-ring (bicyclic) bond motifs is 1. The molecule has 0 radical (unpaired) electrons. The maximum atomic E-state index is 9.22. The summed E-state index contributed by atoms with van der Waals surface area (Å²) in [4.78, 5) is 12.1. The molecule has 1 fully saturated rings. The molecular weight excluding hydrogens is 322 g/mol. The van der Waals surface area contributed by atoms with Crippen molar-refractivity contribution in [3.05, 3.63) is 46.3 Å². The van der Waals surface area contributed by atoms with Crippen molar-refractivity contribution in [1.82, 2.24) is 19.4 Å². The Labute approximate surface area is 155 Å². The van der Waals surface area contributed by atoms with Crippen molar-refractivity contribution in [1.29, 1.82) is 5.26 Å². The predicted octanol–water partition coefficient (Wildman–Crippen LogP) is 3.60. The number of hydrogen-bond acceptors (Lipinski definition) is 4. The van der Waals surface area contributed by atoms with Gasteiger partial charge in [-0.3, -0.25) is 4.90 Å². The van der Waals surface area contributed by atoms with Crippen LogP contribution in [0.1, 0.15) is 72.1 Å². The Morgan fingerprint density at radius 2 is 2.08 bits per heavy atom. The van der Waals surface area contributed by atoms with E-state index >= 15 is 0 Å². The lowest BCUT2D eigenvalue weighted by Gasteiger charge is -2.29. The van der Waals surface area contributed by atoms with Crippen LogP contribution in [0.5, 0.6) is 0 Å². The molecule has 0 N–H and O–H groups in total. The van der Waals surface area contributed by atoms with Crippen LogP contribution in [-0.4, -0.2) is 26.0 Å². The molecule has 2 aromatic rings. The number of rotatable bonds is 3. The summed E-state index contributed by atoms with van der Waals surface area (Å²) in [5.74, 6) is 1.65. The Morgan fingerprint density at radius 1 is 1.27 bits per heavy atom. The van der Waals surface area contributed by atoms with Crippen molar-refractivity contribution in [3.63, 3.8) is 0 Å². The van der Waals surface area contributed by atoms with Crippen LogP contribution in [0.3, 0.4) is 0 Å². The molecule has 2 aliphatic rings. The van der Waals surface area contributed by atoms with E-state index in [1.807, 2.05) is 17.7 Å². The fraction of sp³-hybridized carbons (Fsp3) is 0.571. The molecule has 5 heteroatoms. The molecule has 5 nitrogen and oxygen atoms in total. The Kier molecular flexibility index (Phi) is 4.78. The van der Waals surface area contributed by atoms with Crippen molar-refractivity contribution in [2.75, 3.05) is 6.54 Å². The lowest BCUT2D eigenvalue weighted by molar-refractivity contribution is 0.241. The van der Waals surface area contributed by atoms with Gasteiger partial charge in [0.15, 0.2) is 0 Å². The van der Waals surface area contributed by atoms with Gasteiger partial charge in [-0.2, -0.15) is 5.26 Å². The molecule has 0 bridgehead atoms. The van der Waals surface area contributed by atoms with Gasteiger partial charge in [-0.1, -0.05) is 19.3 Å². The summed E-state index contributed by atoms with van der Waals surface area (Å²) in [5.41, 5.74) is 5.67. The first kappa shape index (κ1) is 17.2. The van der Waals surface area contributed by atoms with E-state index in [9.17, 15) is 5.26 Å². The van der Waals surface area contributed by atoms with Gasteiger partial charge >= 0.3 is 0 Å². The van der Waals surface area contributed by atoms with Gasteiger partial charge in [-0.25, -0.2) is 9.97 Å². The first-order valence-electron chi connectivity index (χ1n) is 9.78. The number of nitrogens with zero attached hydrogens (tertiary/aromatic N) is 5. The average Bonchev–Trinajstić information content (AvgIpc) is 2.96. The van der Waals surface area contributed by atoms with Crippen molar-refractivity contribution >= 4 is 0 Å². The standard InChI is InChI=1S/C21H27N5/c1-15-17(10-19(11-22)25(15)2)13-26-9-8-20-18(14-26)12-23-21(24-20)16-6-4-3-5-7-16/h10,12,16H,3-9,13-14H2,1-2H3. The highest BCUT2D eigenvalue weighted by Gasteiger charge is 2.23. The molecule has 0 atom stereocenters.